The summed E-state index contributed by atoms with van der Waals surface area (Å²) in [7, 11) is 0. The molecule has 1 heterocycles. The highest BCUT2D eigenvalue weighted by atomic mass is 16.4. The van der Waals surface area contributed by atoms with Gasteiger partial charge in [-0.1, -0.05) is 0 Å². The summed E-state index contributed by atoms with van der Waals surface area (Å²) in [5.74, 6) is -2.64. The zero-order valence-electron chi connectivity index (χ0n) is 9.01. The van der Waals surface area contributed by atoms with Crippen LogP contribution >= 0.6 is 0 Å². The molecule has 0 bridgehead atoms. The first kappa shape index (κ1) is 12.6. The van der Waals surface area contributed by atoms with Crippen LogP contribution in [0.25, 0.3) is 0 Å². The molecule has 0 spiro atoms. The lowest BCUT2D eigenvalue weighted by molar-refractivity contribution is -0.138. The number of H-pyrrole nitrogens is 1. The maximum atomic E-state index is 11.7. The number of nitrogens with two attached hydrogens (primary N) is 1. The fraction of sp³-hybridized carbons (Fsp3) is 0.375. The number of rotatable bonds is 5. The predicted octanol–water partition coefficient (Wildman–Crippen LogP) is -1.87. The molecule has 0 aliphatic carbocycles. The molecule has 2 amide bonds. The van der Waals surface area contributed by atoms with Gasteiger partial charge in [0, 0.05) is 0 Å². The number of hydrogen-bond acceptors (Lipinski definition) is 5. The van der Waals surface area contributed by atoms with Crippen LogP contribution in [0, 0.1) is 6.92 Å². The minimum atomic E-state index is -1.26. The van der Waals surface area contributed by atoms with Crippen LogP contribution in [0.3, 0.4) is 0 Å². The summed E-state index contributed by atoms with van der Waals surface area (Å²) in [5.41, 5.74) is 4.92. The third-order valence-electron chi connectivity index (χ3n) is 1.75. The molecular formula is C8H11N5O4. The number of nitrogens with zero attached hydrogens (tertiary/aromatic N) is 3. The summed E-state index contributed by atoms with van der Waals surface area (Å²) in [6, 6.07) is 0. The molecule has 0 atom stereocenters. The van der Waals surface area contributed by atoms with Crippen molar-refractivity contribution in [2.24, 2.45) is 5.73 Å². The predicted molar refractivity (Wildman–Crippen MR) is 53.9 cm³/mol. The molecule has 0 aromatic carbocycles. The Morgan fingerprint density at radius 3 is 2.47 bits per heavy atom. The highest BCUT2D eigenvalue weighted by Gasteiger charge is 2.23. The van der Waals surface area contributed by atoms with Crippen molar-refractivity contribution in [3.8, 4) is 0 Å². The van der Waals surface area contributed by atoms with Gasteiger partial charge in [-0.3, -0.25) is 19.5 Å². The Kier molecular flexibility index (Phi) is 3.75. The maximum absolute atomic E-state index is 11.7. The van der Waals surface area contributed by atoms with E-state index >= 15 is 0 Å². The first-order chi connectivity index (χ1) is 7.90. The summed E-state index contributed by atoms with van der Waals surface area (Å²) < 4.78 is 0. The summed E-state index contributed by atoms with van der Waals surface area (Å²) in [5, 5.41) is 14.6. The normalized spacial score (nSPS) is 9.94. The summed E-state index contributed by atoms with van der Waals surface area (Å²) in [4.78, 5) is 37.5. The molecule has 0 saturated carbocycles. The van der Waals surface area contributed by atoms with E-state index in [1.807, 2.05) is 0 Å². The molecule has 0 unspecified atom stereocenters. The molecule has 17 heavy (non-hydrogen) atoms. The Balaban J connectivity index is 2.85. The number of hydrogen-bond donors (Lipinski definition) is 3. The van der Waals surface area contributed by atoms with Crippen molar-refractivity contribution in [2.75, 3.05) is 13.1 Å². The summed E-state index contributed by atoms with van der Waals surface area (Å²) in [6.45, 7) is 0.438. The SMILES string of the molecule is Cc1nc(C(=O)N(CC(N)=O)CC(=O)O)n[nH]1. The number of primary amides is 1. The third-order valence-corrected chi connectivity index (χ3v) is 1.75. The van der Waals surface area contributed by atoms with Crippen LogP contribution < -0.4 is 5.73 Å². The number of aromatic amines is 1. The Labute approximate surface area is 95.6 Å². The number of carbonyl (C=O) groups is 3. The fourth-order valence-electron chi connectivity index (χ4n) is 1.13. The molecule has 0 aliphatic heterocycles. The lowest BCUT2D eigenvalue weighted by Crippen LogP contribution is -2.42. The van der Waals surface area contributed by atoms with E-state index in [0.717, 1.165) is 4.90 Å². The summed E-state index contributed by atoms with van der Waals surface area (Å²) >= 11 is 0. The van der Waals surface area contributed by atoms with Gasteiger partial charge in [0.2, 0.25) is 11.7 Å². The van der Waals surface area contributed by atoms with Gasteiger partial charge in [0.1, 0.15) is 18.9 Å². The van der Waals surface area contributed by atoms with E-state index in [1.165, 1.54) is 0 Å². The van der Waals surface area contributed by atoms with Crippen molar-refractivity contribution >= 4 is 17.8 Å². The molecule has 9 nitrogen and oxygen atoms in total. The fourth-order valence-corrected chi connectivity index (χ4v) is 1.13. The van der Waals surface area contributed by atoms with Crippen LogP contribution in [0.1, 0.15) is 16.4 Å². The monoisotopic (exact) mass is 241 g/mol. The van der Waals surface area contributed by atoms with Gasteiger partial charge in [-0.05, 0) is 6.92 Å². The molecule has 1 aromatic rings. The number of carboxylic acid groups (broad SMARTS) is 1. The van der Waals surface area contributed by atoms with Gasteiger partial charge in [0.25, 0.3) is 5.91 Å². The largest absolute Gasteiger partial charge is 0.480 e. The van der Waals surface area contributed by atoms with Crippen LogP contribution in [-0.4, -0.2) is 56.1 Å². The Bertz CT molecular complexity index is 439. The van der Waals surface area contributed by atoms with Gasteiger partial charge in [-0.2, -0.15) is 0 Å². The van der Waals surface area contributed by atoms with Crippen molar-refractivity contribution in [2.45, 2.75) is 6.92 Å². The van der Waals surface area contributed by atoms with Gasteiger partial charge >= 0.3 is 5.97 Å². The number of aromatic nitrogens is 3. The van der Waals surface area contributed by atoms with Crippen molar-refractivity contribution in [1.82, 2.24) is 20.1 Å². The van der Waals surface area contributed by atoms with Crippen molar-refractivity contribution < 1.29 is 19.5 Å². The van der Waals surface area contributed by atoms with Crippen molar-refractivity contribution in [3.63, 3.8) is 0 Å². The minimum Gasteiger partial charge on any atom is -0.480 e. The maximum Gasteiger partial charge on any atom is 0.323 e. The quantitative estimate of drug-likeness (QED) is 0.550. The van der Waals surface area contributed by atoms with E-state index in [1.54, 1.807) is 6.92 Å². The van der Waals surface area contributed by atoms with Crippen LogP contribution in [-0.2, 0) is 9.59 Å². The molecular weight excluding hydrogens is 230 g/mol. The minimum absolute atomic E-state index is 0.204. The number of aryl methyl sites for hydroxylation is 1. The van der Waals surface area contributed by atoms with Crippen molar-refractivity contribution in [3.05, 3.63) is 11.6 Å². The molecule has 0 fully saturated rings. The Hall–Kier alpha value is -2.45. The highest BCUT2D eigenvalue weighted by Crippen LogP contribution is 1.99. The second-order valence-electron chi connectivity index (χ2n) is 3.27. The topological polar surface area (TPSA) is 142 Å². The van der Waals surface area contributed by atoms with E-state index in [9.17, 15) is 14.4 Å². The van der Waals surface area contributed by atoms with Gasteiger partial charge < -0.3 is 15.7 Å². The summed E-state index contributed by atoms with van der Waals surface area (Å²) in [6.07, 6.45) is 0. The van der Waals surface area contributed by atoms with Crippen LogP contribution in [0.2, 0.25) is 0 Å². The average Bonchev–Trinajstić information content (AvgIpc) is 2.61. The van der Waals surface area contributed by atoms with Crippen LogP contribution in [0.4, 0.5) is 0 Å². The molecule has 1 rings (SSSR count). The number of amides is 2. The number of aliphatic carboxylic acids is 1. The standard InChI is InChI=1S/C8H11N5O4/c1-4-10-7(12-11-4)8(17)13(2-5(9)14)3-6(15)16/h2-3H2,1H3,(H2,9,14)(H,15,16)(H,10,11,12). The highest BCUT2D eigenvalue weighted by molar-refractivity contribution is 5.95. The van der Waals surface area contributed by atoms with E-state index in [0.29, 0.717) is 5.82 Å². The van der Waals surface area contributed by atoms with Gasteiger partial charge in [0.05, 0.1) is 0 Å². The van der Waals surface area contributed by atoms with E-state index < -0.39 is 30.9 Å². The zero-order chi connectivity index (χ0) is 13.0. The van der Waals surface area contributed by atoms with E-state index in [2.05, 4.69) is 15.2 Å². The first-order valence-electron chi connectivity index (χ1n) is 4.58. The lowest BCUT2D eigenvalue weighted by Gasteiger charge is -2.16. The number of nitrogens with one attached hydrogen (secondary N) is 1. The number of carboxylic acids is 1. The molecule has 1 aromatic heterocycles. The Morgan fingerprint density at radius 2 is 2.06 bits per heavy atom. The molecule has 0 saturated heterocycles. The average molecular weight is 241 g/mol. The van der Waals surface area contributed by atoms with Crippen molar-refractivity contribution in [1.29, 1.82) is 0 Å². The zero-order valence-corrected chi connectivity index (χ0v) is 9.01. The first-order valence-corrected chi connectivity index (χ1v) is 4.58. The molecule has 92 valence electrons. The van der Waals surface area contributed by atoms with Crippen LogP contribution in [0.5, 0.6) is 0 Å². The molecule has 0 radical (unpaired) electrons. The van der Waals surface area contributed by atoms with E-state index in [4.69, 9.17) is 10.8 Å². The lowest BCUT2D eigenvalue weighted by atomic mass is 10.4. The van der Waals surface area contributed by atoms with Gasteiger partial charge in [-0.25, -0.2) is 4.98 Å². The molecule has 0 aliphatic rings. The number of carbonyl (C=O) groups excluding carboxylic acids is 2. The van der Waals surface area contributed by atoms with E-state index in [-0.39, 0.29) is 5.82 Å². The Morgan fingerprint density at radius 1 is 1.41 bits per heavy atom. The third kappa shape index (κ3) is 3.55. The second-order valence-corrected chi connectivity index (χ2v) is 3.27. The van der Waals surface area contributed by atoms with Gasteiger partial charge in [-0.15, -0.1) is 5.10 Å². The smallest absolute Gasteiger partial charge is 0.323 e. The molecule has 9 heteroatoms. The van der Waals surface area contributed by atoms with Gasteiger partial charge in [0.15, 0.2) is 0 Å². The van der Waals surface area contributed by atoms with Crippen LogP contribution in [0.15, 0.2) is 0 Å². The molecule has 4 N–H and O–H groups in total. The second kappa shape index (κ2) is 5.05.